The van der Waals surface area contributed by atoms with E-state index in [0.29, 0.717) is 11.7 Å². The van der Waals surface area contributed by atoms with Gasteiger partial charge in [0.15, 0.2) is 0 Å². The number of rotatable bonds is 1. The van der Waals surface area contributed by atoms with E-state index in [4.69, 9.17) is 11.6 Å². The molecular weight excluding hydrogens is 294 g/mol. The van der Waals surface area contributed by atoms with Gasteiger partial charge in [0.05, 0.1) is 14.6 Å². The molecule has 0 saturated carbocycles. The zero-order valence-electron chi connectivity index (χ0n) is 10.8. The van der Waals surface area contributed by atoms with E-state index >= 15 is 0 Å². The Labute approximate surface area is 125 Å². The van der Waals surface area contributed by atoms with Crippen molar-refractivity contribution in [1.82, 2.24) is 14.8 Å². The van der Waals surface area contributed by atoms with E-state index in [2.05, 4.69) is 22.2 Å². The number of hydrogen-bond donors (Lipinski definition) is 1. The van der Waals surface area contributed by atoms with Crippen molar-refractivity contribution in [2.45, 2.75) is 12.5 Å². The Kier molecular flexibility index (Phi) is 2.79. The number of carbonyl (C=O) groups is 1. The SMILES string of the molecule is O=C(c1cc2sc(Cl)cc2[nH]1)N1CCN2C=CCC2C1. The van der Waals surface area contributed by atoms with Gasteiger partial charge in [0.1, 0.15) is 5.69 Å². The monoisotopic (exact) mass is 307 g/mol. The van der Waals surface area contributed by atoms with Gasteiger partial charge in [0.25, 0.3) is 5.91 Å². The highest BCUT2D eigenvalue weighted by Crippen LogP contribution is 2.30. The summed E-state index contributed by atoms with van der Waals surface area (Å²) in [6, 6.07) is 4.24. The number of piperazine rings is 1. The number of halogens is 1. The Morgan fingerprint density at radius 2 is 2.30 bits per heavy atom. The minimum absolute atomic E-state index is 0.0936. The number of amides is 1. The van der Waals surface area contributed by atoms with Crippen molar-refractivity contribution in [2.24, 2.45) is 0 Å². The number of carbonyl (C=O) groups excluding carboxylic acids is 1. The van der Waals surface area contributed by atoms with Crippen LogP contribution >= 0.6 is 22.9 Å². The van der Waals surface area contributed by atoms with Crippen LogP contribution in [-0.4, -0.2) is 46.4 Å². The molecule has 0 bridgehead atoms. The minimum Gasteiger partial charge on any atom is -0.371 e. The van der Waals surface area contributed by atoms with Gasteiger partial charge in [-0.1, -0.05) is 17.7 Å². The molecule has 0 radical (unpaired) electrons. The summed E-state index contributed by atoms with van der Waals surface area (Å²) in [6.07, 6.45) is 5.38. The van der Waals surface area contributed by atoms with Crippen molar-refractivity contribution in [3.63, 3.8) is 0 Å². The van der Waals surface area contributed by atoms with Crippen LogP contribution in [0.2, 0.25) is 4.34 Å². The standard InChI is InChI=1S/C14H14ClN3OS/c15-13-7-10-12(20-13)6-11(16-10)14(19)18-5-4-17-3-1-2-9(17)8-18/h1,3,6-7,9,16H,2,4-5,8H2. The van der Waals surface area contributed by atoms with Gasteiger partial charge in [-0.05, 0) is 24.8 Å². The molecule has 20 heavy (non-hydrogen) atoms. The lowest BCUT2D eigenvalue weighted by Crippen LogP contribution is -2.51. The molecule has 2 aromatic heterocycles. The molecule has 4 rings (SSSR count). The van der Waals surface area contributed by atoms with Gasteiger partial charge < -0.3 is 14.8 Å². The van der Waals surface area contributed by atoms with E-state index in [1.165, 1.54) is 11.3 Å². The molecule has 1 amide bonds. The quantitative estimate of drug-likeness (QED) is 0.880. The number of nitrogens with zero attached hydrogens (tertiary/aromatic N) is 2. The second-order valence-corrected chi connectivity index (χ2v) is 6.99. The molecule has 1 fully saturated rings. The Hall–Kier alpha value is -1.46. The molecule has 6 heteroatoms. The first-order valence-corrected chi connectivity index (χ1v) is 7.90. The third-order valence-electron chi connectivity index (χ3n) is 4.03. The van der Waals surface area contributed by atoms with E-state index in [9.17, 15) is 4.79 Å². The van der Waals surface area contributed by atoms with Crippen LogP contribution in [0.25, 0.3) is 10.2 Å². The minimum atomic E-state index is 0.0936. The van der Waals surface area contributed by atoms with Crippen LogP contribution < -0.4 is 0 Å². The largest absolute Gasteiger partial charge is 0.371 e. The maximum absolute atomic E-state index is 12.6. The van der Waals surface area contributed by atoms with Crippen molar-refractivity contribution in [3.8, 4) is 0 Å². The molecule has 1 unspecified atom stereocenters. The topological polar surface area (TPSA) is 39.3 Å². The average Bonchev–Trinajstić information content (AvgIpc) is 3.09. The highest BCUT2D eigenvalue weighted by Gasteiger charge is 2.30. The summed E-state index contributed by atoms with van der Waals surface area (Å²) >= 11 is 7.45. The van der Waals surface area contributed by atoms with Gasteiger partial charge >= 0.3 is 0 Å². The van der Waals surface area contributed by atoms with Gasteiger partial charge in [-0.15, -0.1) is 11.3 Å². The Bertz CT molecular complexity index is 673. The summed E-state index contributed by atoms with van der Waals surface area (Å²) in [6.45, 7) is 2.51. The molecule has 2 aromatic rings. The van der Waals surface area contributed by atoms with Crippen LogP contribution in [0.4, 0.5) is 0 Å². The van der Waals surface area contributed by atoms with E-state index in [-0.39, 0.29) is 5.91 Å². The summed E-state index contributed by atoms with van der Waals surface area (Å²) < 4.78 is 1.79. The first kappa shape index (κ1) is 12.3. The van der Waals surface area contributed by atoms with Crippen molar-refractivity contribution in [3.05, 3.63) is 34.4 Å². The first-order chi connectivity index (χ1) is 9.70. The van der Waals surface area contributed by atoms with Gasteiger partial charge in [-0.3, -0.25) is 4.79 Å². The number of aromatic amines is 1. The average molecular weight is 308 g/mol. The maximum Gasteiger partial charge on any atom is 0.270 e. The Balaban J connectivity index is 1.55. The van der Waals surface area contributed by atoms with Crippen molar-refractivity contribution in [2.75, 3.05) is 19.6 Å². The molecular formula is C14H14ClN3OS. The fraction of sp³-hybridized carbons (Fsp3) is 0.357. The zero-order chi connectivity index (χ0) is 13.7. The van der Waals surface area contributed by atoms with Crippen LogP contribution in [0, 0.1) is 0 Å². The maximum atomic E-state index is 12.6. The smallest absolute Gasteiger partial charge is 0.270 e. The predicted molar refractivity (Wildman–Crippen MR) is 81.3 cm³/mol. The van der Waals surface area contributed by atoms with Crippen LogP contribution in [-0.2, 0) is 0 Å². The van der Waals surface area contributed by atoms with Gasteiger partial charge in [0.2, 0.25) is 0 Å². The lowest BCUT2D eigenvalue weighted by molar-refractivity contribution is 0.0603. The van der Waals surface area contributed by atoms with E-state index in [1.54, 1.807) is 0 Å². The molecule has 1 N–H and O–H groups in total. The molecule has 0 spiro atoms. The number of aromatic nitrogens is 1. The van der Waals surface area contributed by atoms with Crippen molar-refractivity contribution in [1.29, 1.82) is 0 Å². The van der Waals surface area contributed by atoms with Crippen LogP contribution in [0.5, 0.6) is 0 Å². The van der Waals surface area contributed by atoms with Crippen molar-refractivity contribution >= 4 is 39.1 Å². The van der Waals surface area contributed by atoms with E-state index in [0.717, 1.165) is 40.6 Å². The van der Waals surface area contributed by atoms with Crippen LogP contribution in [0.15, 0.2) is 24.4 Å². The number of hydrogen-bond acceptors (Lipinski definition) is 3. The summed E-state index contributed by atoms with van der Waals surface area (Å²) in [5.41, 5.74) is 1.62. The molecule has 2 aliphatic heterocycles. The van der Waals surface area contributed by atoms with E-state index < -0.39 is 0 Å². The second kappa shape index (κ2) is 4.53. The predicted octanol–water partition coefficient (Wildman–Crippen LogP) is 2.93. The molecule has 1 saturated heterocycles. The number of H-pyrrole nitrogens is 1. The fourth-order valence-electron chi connectivity index (χ4n) is 2.99. The summed E-state index contributed by atoms with van der Waals surface area (Å²) in [5.74, 6) is 0.0936. The zero-order valence-corrected chi connectivity index (χ0v) is 12.4. The molecule has 104 valence electrons. The molecule has 2 aliphatic rings. The molecule has 4 nitrogen and oxygen atoms in total. The van der Waals surface area contributed by atoms with Gasteiger partial charge in [-0.25, -0.2) is 0 Å². The summed E-state index contributed by atoms with van der Waals surface area (Å²) in [5, 5.41) is 0. The second-order valence-electron chi connectivity index (χ2n) is 5.27. The Morgan fingerprint density at radius 3 is 3.15 bits per heavy atom. The molecule has 0 aromatic carbocycles. The first-order valence-electron chi connectivity index (χ1n) is 6.70. The van der Waals surface area contributed by atoms with Crippen LogP contribution in [0.3, 0.4) is 0 Å². The molecule has 4 heterocycles. The summed E-state index contributed by atoms with van der Waals surface area (Å²) in [4.78, 5) is 20.0. The highest BCUT2D eigenvalue weighted by atomic mass is 35.5. The molecule has 0 aliphatic carbocycles. The number of nitrogens with one attached hydrogen (secondary N) is 1. The lowest BCUT2D eigenvalue weighted by Gasteiger charge is -2.38. The lowest BCUT2D eigenvalue weighted by atomic mass is 10.1. The van der Waals surface area contributed by atoms with Crippen molar-refractivity contribution < 1.29 is 4.79 Å². The third kappa shape index (κ3) is 1.93. The third-order valence-corrected chi connectivity index (χ3v) is 5.24. The van der Waals surface area contributed by atoms with Crippen LogP contribution in [0.1, 0.15) is 16.9 Å². The van der Waals surface area contributed by atoms with E-state index in [1.807, 2.05) is 17.0 Å². The Morgan fingerprint density at radius 1 is 1.40 bits per heavy atom. The fourth-order valence-corrected chi connectivity index (χ4v) is 4.13. The molecule has 1 atom stereocenters. The number of fused-ring (bicyclic) bond motifs is 2. The number of thiophene rings is 1. The van der Waals surface area contributed by atoms with Gasteiger partial charge in [-0.2, -0.15) is 0 Å². The highest BCUT2D eigenvalue weighted by molar-refractivity contribution is 7.22. The summed E-state index contributed by atoms with van der Waals surface area (Å²) in [7, 11) is 0. The van der Waals surface area contributed by atoms with Gasteiger partial charge in [0, 0.05) is 25.7 Å². The normalized spacial score (nSPS) is 21.8.